The van der Waals surface area contributed by atoms with Crippen LogP contribution in [-0.4, -0.2) is 35.8 Å². The predicted molar refractivity (Wildman–Crippen MR) is 135 cm³/mol. The van der Waals surface area contributed by atoms with Gasteiger partial charge in [0.25, 0.3) is 0 Å². The zero-order chi connectivity index (χ0) is 23.2. The first kappa shape index (κ1) is 23.1. The molecule has 0 atom stereocenters. The molecule has 33 heavy (non-hydrogen) atoms. The van der Waals surface area contributed by atoms with Crippen LogP contribution in [0, 0.1) is 6.92 Å². The van der Waals surface area contributed by atoms with E-state index in [-0.39, 0.29) is 5.91 Å². The van der Waals surface area contributed by atoms with E-state index in [4.69, 9.17) is 14.5 Å². The Kier molecular flexibility index (Phi) is 7.47. The Morgan fingerprint density at radius 1 is 1.09 bits per heavy atom. The van der Waals surface area contributed by atoms with Crippen molar-refractivity contribution in [1.29, 1.82) is 0 Å². The molecule has 2 aromatic carbocycles. The number of carbonyl (C=O) groups is 1. The van der Waals surface area contributed by atoms with E-state index in [2.05, 4.69) is 4.98 Å². The number of carbonyl (C=O) groups excluding carboxylic acids is 1. The molecule has 0 N–H and O–H groups in total. The molecule has 0 aliphatic heterocycles. The van der Waals surface area contributed by atoms with Crippen LogP contribution in [0.25, 0.3) is 10.2 Å². The van der Waals surface area contributed by atoms with Crippen LogP contribution in [0.4, 0.5) is 5.13 Å². The van der Waals surface area contributed by atoms with E-state index in [9.17, 15) is 4.79 Å². The van der Waals surface area contributed by atoms with Crippen molar-refractivity contribution in [3.63, 3.8) is 0 Å². The van der Waals surface area contributed by atoms with E-state index in [1.165, 1.54) is 11.3 Å². The van der Waals surface area contributed by atoms with Gasteiger partial charge in [-0.2, -0.15) is 0 Å². The topological polar surface area (TPSA) is 64.5 Å². The summed E-state index contributed by atoms with van der Waals surface area (Å²) in [7, 11) is 3.29. The fourth-order valence-corrected chi connectivity index (χ4v) is 5.29. The third-order valence-corrected chi connectivity index (χ3v) is 7.38. The molecule has 0 saturated carbocycles. The van der Waals surface area contributed by atoms with Crippen LogP contribution >= 0.6 is 23.1 Å². The first-order valence-electron chi connectivity index (χ1n) is 10.5. The van der Waals surface area contributed by atoms with Gasteiger partial charge in [-0.3, -0.25) is 14.7 Å². The average molecular weight is 480 g/mol. The molecule has 4 aromatic rings. The van der Waals surface area contributed by atoms with Gasteiger partial charge in [-0.25, -0.2) is 4.98 Å². The quantitative estimate of drug-likeness (QED) is 0.286. The number of ether oxygens (including phenoxy) is 2. The fourth-order valence-electron chi connectivity index (χ4n) is 3.38. The normalized spacial score (nSPS) is 10.9. The Bertz CT molecular complexity index is 1230. The van der Waals surface area contributed by atoms with E-state index in [1.54, 1.807) is 43.3 Å². The number of amides is 1. The van der Waals surface area contributed by atoms with E-state index in [1.807, 2.05) is 55.5 Å². The average Bonchev–Trinajstić information content (AvgIpc) is 3.30. The molecule has 0 aliphatic carbocycles. The molecule has 0 aliphatic rings. The molecule has 6 nitrogen and oxygen atoms in total. The van der Waals surface area contributed by atoms with Crippen LogP contribution in [0.15, 0.2) is 65.8 Å². The molecule has 0 radical (unpaired) electrons. The van der Waals surface area contributed by atoms with Crippen LogP contribution in [0.5, 0.6) is 11.5 Å². The summed E-state index contributed by atoms with van der Waals surface area (Å²) in [6.45, 7) is 2.46. The van der Waals surface area contributed by atoms with Crippen molar-refractivity contribution in [3.8, 4) is 11.5 Å². The molecular weight excluding hydrogens is 454 g/mol. The van der Waals surface area contributed by atoms with Crippen LogP contribution < -0.4 is 14.4 Å². The molecule has 0 unspecified atom stereocenters. The number of benzene rings is 2. The minimum absolute atomic E-state index is 0.0236. The number of hydrogen-bond acceptors (Lipinski definition) is 7. The maximum absolute atomic E-state index is 13.4. The van der Waals surface area contributed by atoms with Gasteiger partial charge in [0.1, 0.15) is 17.0 Å². The van der Waals surface area contributed by atoms with Gasteiger partial charge < -0.3 is 9.47 Å². The monoisotopic (exact) mass is 479 g/mol. The van der Waals surface area contributed by atoms with Crippen molar-refractivity contribution in [1.82, 2.24) is 9.97 Å². The van der Waals surface area contributed by atoms with Gasteiger partial charge in [-0.15, -0.1) is 11.8 Å². The smallest absolute Gasteiger partial charge is 0.229 e. The number of pyridine rings is 1. The highest BCUT2D eigenvalue weighted by Crippen LogP contribution is 2.37. The summed E-state index contributed by atoms with van der Waals surface area (Å²) in [6, 6.07) is 15.6. The number of rotatable bonds is 9. The molecule has 2 aromatic heterocycles. The van der Waals surface area contributed by atoms with Crippen LogP contribution in [-0.2, 0) is 11.3 Å². The summed E-state index contributed by atoms with van der Waals surface area (Å²) >= 11 is 3.16. The largest absolute Gasteiger partial charge is 0.497 e. The van der Waals surface area contributed by atoms with Crippen LogP contribution in [0.2, 0.25) is 0 Å². The van der Waals surface area contributed by atoms with Crippen molar-refractivity contribution in [2.45, 2.75) is 24.8 Å². The summed E-state index contributed by atoms with van der Waals surface area (Å²) < 4.78 is 11.7. The molecule has 8 heteroatoms. The number of nitrogens with zero attached hydrogens (tertiary/aromatic N) is 3. The fraction of sp³-hybridized carbons (Fsp3) is 0.240. The lowest BCUT2D eigenvalue weighted by molar-refractivity contribution is -0.118. The van der Waals surface area contributed by atoms with E-state index >= 15 is 0 Å². The zero-order valence-electron chi connectivity index (χ0n) is 18.8. The number of thioether (sulfide) groups is 1. The maximum Gasteiger partial charge on any atom is 0.229 e. The highest BCUT2D eigenvalue weighted by Gasteiger charge is 2.22. The second-order valence-corrected chi connectivity index (χ2v) is 9.52. The number of thiazole rings is 1. The van der Waals surface area contributed by atoms with Gasteiger partial charge in [-0.1, -0.05) is 23.5 Å². The summed E-state index contributed by atoms with van der Waals surface area (Å²) in [6.07, 6.45) is 3.90. The van der Waals surface area contributed by atoms with Crippen molar-refractivity contribution < 1.29 is 14.3 Å². The molecule has 0 saturated heterocycles. The van der Waals surface area contributed by atoms with Gasteiger partial charge in [-0.05, 0) is 54.4 Å². The Morgan fingerprint density at radius 3 is 2.61 bits per heavy atom. The highest BCUT2D eigenvalue weighted by atomic mass is 32.2. The van der Waals surface area contributed by atoms with Crippen LogP contribution in [0.3, 0.4) is 0 Å². The Balaban J connectivity index is 1.56. The lowest BCUT2D eigenvalue weighted by atomic mass is 10.2. The van der Waals surface area contributed by atoms with Crippen LogP contribution in [0.1, 0.15) is 17.5 Å². The summed E-state index contributed by atoms with van der Waals surface area (Å²) in [4.78, 5) is 25.2. The molecule has 0 spiro atoms. The second-order valence-electron chi connectivity index (χ2n) is 7.37. The molecule has 4 rings (SSSR count). The minimum Gasteiger partial charge on any atom is -0.497 e. The van der Waals surface area contributed by atoms with Gasteiger partial charge in [0.15, 0.2) is 5.13 Å². The lowest BCUT2D eigenvalue weighted by Crippen LogP contribution is -2.30. The van der Waals surface area contributed by atoms with E-state index in [0.717, 1.165) is 32.0 Å². The number of anilines is 1. The molecule has 2 heterocycles. The van der Waals surface area contributed by atoms with Crippen molar-refractivity contribution in [3.05, 3.63) is 72.1 Å². The number of hydrogen-bond donors (Lipinski definition) is 0. The maximum atomic E-state index is 13.4. The Hall–Kier alpha value is -3.10. The summed E-state index contributed by atoms with van der Waals surface area (Å²) in [5.41, 5.74) is 2.85. The number of aryl methyl sites for hydroxylation is 1. The van der Waals surface area contributed by atoms with Gasteiger partial charge in [0.2, 0.25) is 5.91 Å². The third-order valence-electron chi connectivity index (χ3n) is 5.15. The first-order valence-corrected chi connectivity index (χ1v) is 12.3. The number of methoxy groups -OCH3 is 2. The molecule has 1 amide bonds. The van der Waals surface area contributed by atoms with E-state index in [0.29, 0.717) is 29.6 Å². The third kappa shape index (κ3) is 5.46. The number of fused-ring (bicyclic) bond motifs is 1. The zero-order valence-corrected chi connectivity index (χ0v) is 20.4. The van der Waals surface area contributed by atoms with Crippen molar-refractivity contribution >= 4 is 44.4 Å². The number of aromatic nitrogens is 2. The lowest BCUT2D eigenvalue weighted by Gasteiger charge is -2.20. The minimum atomic E-state index is 0.0236. The molecule has 0 bridgehead atoms. The molecule has 170 valence electrons. The van der Waals surface area contributed by atoms with Gasteiger partial charge in [0, 0.05) is 29.5 Å². The highest BCUT2D eigenvalue weighted by molar-refractivity contribution is 7.99. The molecular formula is C25H25N3O3S2. The summed E-state index contributed by atoms with van der Waals surface area (Å²) in [5.74, 6) is 2.22. The summed E-state index contributed by atoms with van der Waals surface area (Å²) in [5, 5.41) is 0.668. The predicted octanol–water partition coefficient (Wildman–Crippen LogP) is 5.73. The second kappa shape index (κ2) is 10.7. The first-order chi connectivity index (χ1) is 16.1. The van der Waals surface area contributed by atoms with Gasteiger partial charge in [0.05, 0.1) is 25.5 Å². The van der Waals surface area contributed by atoms with E-state index < -0.39 is 0 Å². The van der Waals surface area contributed by atoms with Crippen molar-refractivity contribution in [2.24, 2.45) is 0 Å². The van der Waals surface area contributed by atoms with Crippen molar-refractivity contribution in [2.75, 3.05) is 24.9 Å². The molecule has 0 fully saturated rings. The standard InChI is InChI=1S/C25H25N3O3S2/c1-17-6-11-21(31-3)23-24(17)33-25(27-23)28(16-18-5-4-13-26-15-18)22(29)12-14-32-20-9-7-19(30-2)8-10-20/h4-11,13,15H,12,14,16H2,1-3H3. The Morgan fingerprint density at radius 2 is 1.91 bits per heavy atom. The Labute approximate surface area is 201 Å². The SMILES string of the molecule is COc1ccc(SCCC(=O)N(Cc2cccnc2)c2nc3c(OC)ccc(C)c3s2)cc1. The van der Waals surface area contributed by atoms with Gasteiger partial charge >= 0.3 is 0 Å².